The topological polar surface area (TPSA) is 88.7 Å². The van der Waals surface area contributed by atoms with Gasteiger partial charge in [0.15, 0.2) is 0 Å². The fraction of sp³-hybridized carbons (Fsp3) is 0.478. The molecule has 2 amide bonds. The van der Waals surface area contributed by atoms with Gasteiger partial charge in [-0.25, -0.2) is 4.39 Å². The molecular formula is C23H29FN4O3. The van der Waals surface area contributed by atoms with Crippen LogP contribution in [0.1, 0.15) is 45.7 Å². The lowest BCUT2D eigenvalue weighted by Gasteiger charge is -2.31. The van der Waals surface area contributed by atoms with E-state index in [4.69, 9.17) is 5.11 Å². The maximum atomic E-state index is 13.5. The van der Waals surface area contributed by atoms with E-state index in [2.05, 4.69) is 15.2 Å². The number of amides is 2. The molecule has 0 bridgehead atoms. The van der Waals surface area contributed by atoms with Crippen molar-refractivity contribution in [3.05, 3.63) is 52.1 Å². The van der Waals surface area contributed by atoms with Gasteiger partial charge in [-0.3, -0.25) is 9.59 Å². The number of anilines is 1. The number of nitrogens with one attached hydrogen (secondary N) is 2. The maximum absolute atomic E-state index is 13.5. The molecule has 2 aliphatic rings. The Kier molecular flexibility index (Phi) is 6.11. The first-order valence-electron chi connectivity index (χ1n) is 10.8. The number of aromatic amines is 1. The minimum atomic E-state index is -0.346. The SMILES string of the molecule is Cc1[nH]c(CN2C(=O)Cc3cc(F)ccc32)c(C)c1C(=O)NC1CCN(CCO)CC1. The highest BCUT2D eigenvalue weighted by Gasteiger charge is 2.30. The summed E-state index contributed by atoms with van der Waals surface area (Å²) in [4.78, 5) is 32.6. The van der Waals surface area contributed by atoms with E-state index in [0.29, 0.717) is 24.2 Å². The Labute approximate surface area is 181 Å². The molecule has 166 valence electrons. The standard InChI is InChI=1S/C23H29FN4O3/c1-14-19(13-28-20-4-3-17(24)11-16(20)12-21(28)30)25-15(2)22(14)23(31)26-18-5-7-27(8-6-18)9-10-29/h3-4,11,18,25,29H,5-10,12-13H2,1-2H3,(H,26,31). The van der Waals surface area contributed by atoms with Crippen molar-refractivity contribution in [2.45, 2.75) is 45.7 Å². The number of carbonyl (C=O) groups excluding carboxylic acids is 2. The summed E-state index contributed by atoms with van der Waals surface area (Å²) in [6.07, 6.45) is 1.90. The van der Waals surface area contributed by atoms with Crippen molar-refractivity contribution in [3.63, 3.8) is 0 Å². The zero-order valence-corrected chi connectivity index (χ0v) is 18.0. The molecule has 31 heavy (non-hydrogen) atoms. The summed E-state index contributed by atoms with van der Waals surface area (Å²) in [6, 6.07) is 4.52. The molecule has 7 nitrogen and oxygen atoms in total. The summed E-state index contributed by atoms with van der Waals surface area (Å²) in [5.74, 6) is -0.525. The fourth-order valence-corrected chi connectivity index (χ4v) is 4.70. The number of β-amino-alcohol motifs (C(OH)–C–C–N with tert-alkyl or cyclic N) is 1. The molecule has 8 heteroatoms. The predicted octanol–water partition coefficient (Wildman–Crippen LogP) is 2.05. The van der Waals surface area contributed by atoms with Crippen LogP contribution in [0, 0.1) is 19.7 Å². The van der Waals surface area contributed by atoms with Crippen molar-refractivity contribution in [3.8, 4) is 0 Å². The number of nitrogens with zero attached hydrogens (tertiary/aromatic N) is 2. The van der Waals surface area contributed by atoms with Gasteiger partial charge in [0.25, 0.3) is 5.91 Å². The van der Waals surface area contributed by atoms with Crippen molar-refractivity contribution in [1.29, 1.82) is 0 Å². The van der Waals surface area contributed by atoms with Crippen LogP contribution < -0.4 is 10.2 Å². The quantitative estimate of drug-likeness (QED) is 0.657. The Bertz CT molecular complexity index is 995. The number of aliphatic hydroxyl groups is 1. The molecule has 2 aliphatic heterocycles. The average Bonchev–Trinajstić information content (AvgIpc) is 3.18. The van der Waals surface area contributed by atoms with Gasteiger partial charge in [0.2, 0.25) is 5.91 Å². The number of fused-ring (bicyclic) bond motifs is 1. The van der Waals surface area contributed by atoms with Crippen LogP contribution in [0.3, 0.4) is 0 Å². The molecule has 3 N–H and O–H groups in total. The third-order valence-corrected chi connectivity index (χ3v) is 6.40. The predicted molar refractivity (Wildman–Crippen MR) is 116 cm³/mol. The van der Waals surface area contributed by atoms with Crippen LogP contribution in [-0.4, -0.2) is 59.1 Å². The number of hydrogen-bond donors (Lipinski definition) is 3. The van der Waals surface area contributed by atoms with E-state index < -0.39 is 0 Å². The van der Waals surface area contributed by atoms with Gasteiger partial charge in [-0.1, -0.05) is 0 Å². The van der Waals surface area contributed by atoms with Crippen molar-refractivity contribution in [2.75, 3.05) is 31.1 Å². The molecule has 4 rings (SSSR count). The number of rotatable bonds is 6. The summed E-state index contributed by atoms with van der Waals surface area (Å²) in [5, 5.41) is 12.2. The minimum absolute atomic E-state index is 0.0760. The second-order valence-corrected chi connectivity index (χ2v) is 8.47. The van der Waals surface area contributed by atoms with Crippen LogP contribution in [0.15, 0.2) is 18.2 Å². The first-order valence-corrected chi connectivity index (χ1v) is 10.8. The van der Waals surface area contributed by atoms with Crippen molar-refractivity contribution < 1.29 is 19.1 Å². The molecular weight excluding hydrogens is 399 g/mol. The Balaban J connectivity index is 1.46. The van der Waals surface area contributed by atoms with Crippen LogP contribution in [0.25, 0.3) is 0 Å². The van der Waals surface area contributed by atoms with E-state index in [1.54, 1.807) is 11.0 Å². The first kappa shape index (κ1) is 21.5. The van der Waals surface area contributed by atoms with E-state index >= 15 is 0 Å². The number of hydrogen-bond acceptors (Lipinski definition) is 4. The Hall–Kier alpha value is -2.71. The van der Waals surface area contributed by atoms with Gasteiger partial charge in [0.1, 0.15) is 5.82 Å². The van der Waals surface area contributed by atoms with Gasteiger partial charge in [0.05, 0.1) is 25.1 Å². The van der Waals surface area contributed by atoms with Crippen LogP contribution in [0.4, 0.5) is 10.1 Å². The summed E-state index contributed by atoms with van der Waals surface area (Å²) in [5.41, 5.74) is 4.45. The van der Waals surface area contributed by atoms with Gasteiger partial charge >= 0.3 is 0 Å². The second-order valence-electron chi connectivity index (χ2n) is 8.47. The average molecular weight is 429 g/mol. The zero-order valence-electron chi connectivity index (χ0n) is 18.0. The molecule has 1 aromatic heterocycles. The molecule has 0 saturated carbocycles. The summed E-state index contributed by atoms with van der Waals surface area (Å²) >= 11 is 0. The number of piperidine rings is 1. The van der Waals surface area contributed by atoms with Gasteiger partial charge in [-0.05, 0) is 56.0 Å². The third kappa shape index (κ3) is 4.36. The van der Waals surface area contributed by atoms with Crippen LogP contribution in [-0.2, 0) is 17.8 Å². The van der Waals surface area contributed by atoms with Crippen molar-refractivity contribution in [2.24, 2.45) is 0 Å². The lowest BCUT2D eigenvalue weighted by molar-refractivity contribution is -0.117. The second kappa shape index (κ2) is 8.80. The summed E-state index contributed by atoms with van der Waals surface area (Å²) in [7, 11) is 0. The molecule has 1 fully saturated rings. The third-order valence-electron chi connectivity index (χ3n) is 6.40. The number of aliphatic hydroxyl groups excluding tert-OH is 1. The number of benzene rings is 1. The van der Waals surface area contributed by atoms with E-state index in [1.807, 2.05) is 13.8 Å². The molecule has 0 atom stereocenters. The smallest absolute Gasteiger partial charge is 0.253 e. The number of likely N-dealkylation sites (tertiary alicyclic amines) is 1. The minimum Gasteiger partial charge on any atom is -0.395 e. The zero-order chi connectivity index (χ0) is 22.1. The molecule has 2 aromatic rings. The summed E-state index contributed by atoms with van der Waals surface area (Å²) in [6.45, 7) is 6.62. The monoisotopic (exact) mass is 428 g/mol. The largest absolute Gasteiger partial charge is 0.395 e. The summed E-state index contributed by atoms with van der Waals surface area (Å²) < 4.78 is 13.5. The normalized spacial score (nSPS) is 17.3. The van der Waals surface area contributed by atoms with Crippen molar-refractivity contribution >= 4 is 17.5 Å². The van der Waals surface area contributed by atoms with Gasteiger partial charge < -0.3 is 25.2 Å². The molecule has 1 aromatic carbocycles. The molecule has 3 heterocycles. The van der Waals surface area contributed by atoms with E-state index in [9.17, 15) is 14.0 Å². The molecule has 0 aliphatic carbocycles. The molecule has 0 spiro atoms. The van der Waals surface area contributed by atoms with Gasteiger partial charge in [-0.2, -0.15) is 0 Å². The fourth-order valence-electron chi connectivity index (χ4n) is 4.70. The maximum Gasteiger partial charge on any atom is 0.253 e. The highest BCUT2D eigenvalue weighted by molar-refractivity contribution is 6.01. The highest BCUT2D eigenvalue weighted by atomic mass is 19.1. The molecule has 1 saturated heterocycles. The van der Waals surface area contributed by atoms with E-state index in [-0.39, 0.29) is 36.7 Å². The number of aryl methyl sites for hydroxylation is 1. The van der Waals surface area contributed by atoms with Gasteiger partial charge in [-0.15, -0.1) is 0 Å². The lowest BCUT2D eigenvalue weighted by atomic mass is 10.0. The molecule has 0 unspecified atom stereocenters. The number of aromatic nitrogens is 1. The first-order chi connectivity index (χ1) is 14.9. The lowest BCUT2D eigenvalue weighted by Crippen LogP contribution is -2.45. The van der Waals surface area contributed by atoms with Crippen LogP contribution in [0.2, 0.25) is 0 Å². The Morgan fingerprint density at radius 1 is 1.29 bits per heavy atom. The van der Waals surface area contributed by atoms with E-state index in [0.717, 1.165) is 48.6 Å². The Morgan fingerprint density at radius 2 is 2.03 bits per heavy atom. The Morgan fingerprint density at radius 3 is 2.74 bits per heavy atom. The van der Waals surface area contributed by atoms with Crippen LogP contribution in [0.5, 0.6) is 0 Å². The molecule has 0 radical (unpaired) electrons. The van der Waals surface area contributed by atoms with E-state index in [1.165, 1.54) is 12.1 Å². The number of carbonyl (C=O) groups is 2. The highest BCUT2D eigenvalue weighted by Crippen LogP contribution is 2.32. The van der Waals surface area contributed by atoms with Crippen LogP contribution >= 0.6 is 0 Å². The van der Waals surface area contributed by atoms with Gasteiger partial charge in [0, 0.05) is 42.8 Å². The number of H-pyrrole nitrogens is 1. The number of halogens is 1. The van der Waals surface area contributed by atoms with Crippen molar-refractivity contribution in [1.82, 2.24) is 15.2 Å².